The van der Waals surface area contributed by atoms with Gasteiger partial charge in [-0.1, -0.05) is 11.6 Å². The van der Waals surface area contributed by atoms with Gasteiger partial charge in [-0.05, 0) is 18.2 Å². The number of nitrogens with zero attached hydrogens (tertiary/aromatic N) is 2. The van der Waals surface area contributed by atoms with E-state index in [1.165, 1.54) is 17.4 Å². The molecule has 0 spiro atoms. The maximum atomic E-state index is 14.5. The number of halogens is 2. The first-order valence-corrected chi connectivity index (χ1v) is 9.80. The molecule has 2 aromatic heterocycles. The second kappa shape index (κ2) is 6.55. The molecule has 5 nitrogen and oxygen atoms in total. The van der Waals surface area contributed by atoms with Crippen molar-refractivity contribution in [2.45, 2.75) is 12.5 Å². The predicted molar refractivity (Wildman–Crippen MR) is 107 cm³/mol. The summed E-state index contributed by atoms with van der Waals surface area (Å²) < 4.78 is 26.1. The molecule has 3 heterocycles. The molecular weight excluding hydrogens is 403 g/mol. The highest BCUT2D eigenvalue weighted by atomic mass is 35.5. The zero-order valence-electron chi connectivity index (χ0n) is 14.7. The minimum Gasteiger partial charge on any atom is -0.495 e. The number of aliphatic hydroxyl groups excluding tert-OH is 1. The molecule has 0 radical (unpaired) electrons. The van der Waals surface area contributed by atoms with Gasteiger partial charge in [0.05, 0.1) is 35.6 Å². The van der Waals surface area contributed by atoms with Crippen LogP contribution in [-0.4, -0.2) is 34.9 Å². The lowest BCUT2D eigenvalue weighted by Gasteiger charge is -2.06. The van der Waals surface area contributed by atoms with E-state index in [0.29, 0.717) is 27.7 Å². The van der Waals surface area contributed by atoms with Gasteiger partial charge < -0.3 is 14.6 Å². The first kappa shape index (κ1) is 17.6. The molecule has 0 fully saturated rings. The van der Waals surface area contributed by atoms with Crippen molar-refractivity contribution in [1.82, 2.24) is 9.97 Å². The number of thiazole rings is 1. The van der Waals surface area contributed by atoms with E-state index in [4.69, 9.17) is 21.1 Å². The molecule has 1 unspecified atom stereocenters. The Kier molecular flexibility index (Phi) is 4.12. The Labute approximate surface area is 168 Å². The summed E-state index contributed by atoms with van der Waals surface area (Å²) in [5, 5.41) is 11.5. The fourth-order valence-corrected chi connectivity index (χ4v) is 4.85. The van der Waals surface area contributed by atoms with E-state index >= 15 is 0 Å². The van der Waals surface area contributed by atoms with Gasteiger partial charge in [-0.3, -0.25) is 4.98 Å². The van der Waals surface area contributed by atoms with Gasteiger partial charge in [0.1, 0.15) is 16.9 Å². The number of aromatic nitrogens is 2. The van der Waals surface area contributed by atoms with Crippen LogP contribution in [0.3, 0.4) is 0 Å². The lowest BCUT2D eigenvalue weighted by molar-refractivity contribution is 0.131. The SMILES string of the molecule is COc1cnc2c(-c3nc4cc(F)c5c(c4s3)CC(CO)O5)cc(Cl)cc2c1. The molecule has 28 heavy (non-hydrogen) atoms. The largest absolute Gasteiger partial charge is 0.495 e. The van der Waals surface area contributed by atoms with Gasteiger partial charge >= 0.3 is 0 Å². The molecule has 8 heteroatoms. The predicted octanol–water partition coefficient (Wildman–Crippen LogP) is 4.61. The number of hydrogen-bond donors (Lipinski definition) is 1. The number of methoxy groups -OCH3 is 1. The quantitative estimate of drug-likeness (QED) is 0.528. The molecular formula is C20H14ClFN2O3S. The molecule has 142 valence electrons. The van der Waals surface area contributed by atoms with E-state index in [-0.39, 0.29) is 12.4 Å². The van der Waals surface area contributed by atoms with Crippen molar-refractivity contribution in [2.24, 2.45) is 0 Å². The fraction of sp³-hybridized carbons (Fsp3) is 0.200. The molecule has 0 saturated heterocycles. The molecule has 0 saturated carbocycles. The third kappa shape index (κ3) is 2.70. The summed E-state index contributed by atoms with van der Waals surface area (Å²) in [7, 11) is 1.58. The van der Waals surface area contributed by atoms with Crippen LogP contribution in [0, 0.1) is 5.82 Å². The van der Waals surface area contributed by atoms with E-state index in [9.17, 15) is 9.50 Å². The van der Waals surface area contributed by atoms with Crippen molar-refractivity contribution >= 4 is 44.1 Å². The second-order valence-corrected chi connectivity index (χ2v) is 8.00. The van der Waals surface area contributed by atoms with Crippen LogP contribution < -0.4 is 9.47 Å². The highest BCUT2D eigenvalue weighted by Crippen LogP contribution is 2.43. The van der Waals surface area contributed by atoms with Crippen LogP contribution in [0.1, 0.15) is 5.56 Å². The minimum atomic E-state index is -0.464. The number of hydrogen-bond acceptors (Lipinski definition) is 6. The van der Waals surface area contributed by atoms with Crippen LogP contribution in [0.15, 0.2) is 30.5 Å². The summed E-state index contributed by atoms with van der Waals surface area (Å²) in [6.45, 7) is -0.161. The van der Waals surface area contributed by atoms with Crippen LogP contribution in [-0.2, 0) is 6.42 Å². The Balaban J connectivity index is 1.73. The normalized spacial score (nSPS) is 15.8. The summed E-state index contributed by atoms with van der Waals surface area (Å²) in [4.78, 5) is 9.14. The molecule has 2 aromatic carbocycles. The average Bonchev–Trinajstić information content (AvgIpc) is 3.31. The molecule has 0 aliphatic carbocycles. The van der Waals surface area contributed by atoms with Crippen LogP contribution in [0.25, 0.3) is 31.7 Å². The van der Waals surface area contributed by atoms with E-state index < -0.39 is 11.9 Å². The molecule has 0 bridgehead atoms. The lowest BCUT2D eigenvalue weighted by atomic mass is 10.1. The maximum Gasteiger partial charge on any atom is 0.167 e. The van der Waals surface area contributed by atoms with Crippen LogP contribution in [0.5, 0.6) is 11.5 Å². The second-order valence-electron chi connectivity index (χ2n) is 6.56. The van der Waals surface area contributed by atoms with E-state index in [2.05, 4.69) is 9.97 Å². The Morgan fingerprint density at radius 2 is 2.21 bits per heavy atom. The lowest BCUT2D eigenvalue weighted by Crippen LogP contribution is -2.17. The maximum absolute atomic E-state index is 14.5. The van der Waals surface area contributed by atoms with Crippen LogP contribution in [0.4, 0.5) is 4.39 Å². The number of rotatable bonds is 3. The number of benzene rings is 2. The molecule has 1 atom stereocenters. The summed E-state index contributed by atoms with van der Waals surface area (Å²) >= 11 is 7.77. The Hall–Kier alpha value is -2.48. The van der Waals surface area contributed by atoms with Gasteiger partial charge in [0, 0.05) is 34.0 Å². The smallest absolute Gasteiger partial charge is 0.167 e. The van der Waals surface area contributed by atoms with Crippen molar-refractivity contribution < 1.29 is 19.0 Å². The van der Waals surface area contributed by atoms with Crippen molar-refractivity contribution in [1.29, 1.82) is 0 Å². The van der Waals surface area contributed by atoms with Gasteiger partial charge in [-0.15, -0.1) is 11.3 Å². The van der Waals surface area contributed by atoms with Crippen molar-refractivity contribution in [2.75, 3.05) is 13.7 Å². The van der Waals surface area contributed by atoms with E-state index in [0.717, 1.165) is 26.7 Å². The Bertz CT molecular complexity index is 1240. The van der Waals surface area contributed by atoms with Gasteiger partial charge in [0.2, 0.25) is 0 Å². The van der Waals surface area contributed by atoms with Gasteiger partial charge in [0.15, 0.2) is 11.6 Å². The summed E-state index contributed by atoms with van der Waals surface area (Å²) in [5.74, 6) is 0.381. The summed E-state index contributed by atoms with van der Waals surface area (Å²) in [6.07, 6.45) is 1.67. The number of ether oxygens (including phenoxy) is 2. The third-order valence-electron chi connectivity index (χ3n) is 4.79. The van der Waals surface area contributed by atoms with Crippen LogP contribution >= 0.6 is 22.9 Å². The van der Waals surface area contributed by atoms with Gasteiger partial charge in [0.25, 0.3) is 0 Å². The van der Waals surface area contributed by atoms with Crippen LogP contribution in [0.2, 0.25) is 5.02 Å². The zero-order valence-corrected chi connectivity index (χ0v) is 16.3. The molecule has 1 aliphatic rings. The molecule has 1 N–H and O–H groups in total. The standard InChI is InChI=1S/C20H14ClFN2O3S/c1-26-11-3-9-2-10(21)4-13(17(9)23-7-11)20-24-16-6-15(22)18-14(19(16)28-20)5-12(8-25)27-18/h2-4,6-7,12,25H,5,8H2,1H3. The molecule has 1 aliphatic heterocycles. The van der Waals surface area contributed by atoms with Crippen molar-refractivity contribution in [3.8, 4) is 22.1 Å². The fourth-order valence-electron chi connectivity index (χ4n) is 3.51. The highest BCUT2D eigenvalue weighted by Gasteiger charge is 2.29. The topological polar surface area (TPSA) is 64.5 Å². The first-order valence-electron chi connectivity index (χ1n) is 8.60. The first-order chi connectivity index (χ1) is 13.6. The van der Waals surface area contributed by atoms with E-state index in [1.54, 1.807) is 13.3 Å². The molecule has 5 rings (SSSR count). The zero-order chi connectivity index (χ0) is 19.4. The average molecular weight is 417 g/mol. The van der Waals surface area contributed by atoms with Gasteiger partial charge in [-0.2, -0.15) is 0 Å². The monoisotopic (exact) mass is 416 g/mol. The minimum absolute atomic E-state index is 0.161. The number of pyridine rings is 1. The number of fused-ring (bicyclic) bond motifs is 4. The third-order valence-corrected chi connectivity index (χ3v) is 6.17. The van der Waals surface area contributed by atoms with E-state index in [1.807, 2.05) is 18.2 Å². The Morgan fingerprint density at radius 1 is 1.36 bits per heavy atom. The summed E-state index contributed by atoms with van der Waals surface area (Å²) in [5.41, 5.74) is 2.82. The highest BCUT2D eigenvalue weighted by molar-refractivity contribution is 7.22. The van der Waals surface area contributed by atoms with Crippen molar-refractivity contribution in [3.63, 3.8) is 0 Å². The van der Waals surface area contributed by atoms with Gasteiger partial charge in [-0.25, -0.2) is 9.37 Å². The summed E-state index contributed by atoms with van der Waals surface area (Å²) in [6, 6.07) is 6.87. The number of aliphatic hydroxyl groups is 1. The molecule has 4 aromatic rings. The van der Waals surface area contributed by atoms with Crippen molar-refractivity contribution in [3.05, 3.63) is 46.9 Å². The molecule has 0 amide bonds. The Morgan fingerprint density at radius 3 is 3.00 bits per heavy atom.